The molecular weight excluding hydrogens is 665 g/mol. The Hall–Kier alpha value is -3.42. The fourth-order valence-electron chi connectivity index (χ4n) is 6.19. The van der Waals surface area contributed by atoms with E-state index < -0.39 is 0 Å². The van der Waals surface area contributed by atoms with Crippen molar-refractivity contribution in [3.63, 3.8) is 0 Å². The highest BCUT2D eigenvalue weighted by atomic mass is 16.5. The fourth-order valence-corrected chi connectivity index (χ4v) is 6.19. The fraction of sp³-hybridized carbons (Fsp3) is 0.542. The number of hydrogen-bond donors (Lipinski definition) is 0. The number of benzene rings is 3. The van der Waals surface area contributed by atoms with Crippen LogP contribution in [0.15, 0.2) is 72.8 Å². The van der Waals surface area contributed by atoms with Gasteiger partial charge >= 0.3 is 0 Å². The van der Waals surface area contributed by atoms with Crippen molar-refractivity contribution in [3.05, 3.63) is 95.1 Å². The number of rotatable bonds is 26. The van der Waals surface area contributed by atoms with Crippen molar-refractivity contribution < 1.29 is 27.4 Å². The second-order valence-corrected chi connectivity index (χ2v) is 18.8. The van der Waals surface area contributed by atoms with Crippen molar-refractivity contribution in [1.82, 2.24) is 0 Å². The Balaban J connectivity index is 1.28. The van der Waals surface area contributed by atoms with Gasteiger partial charge in [0.05, 0.1) is 96.8 Å². The summed E-state index contributed by atoms with van der Waals surface area (Å²) in [4.78, 5) is 0. The quantitative estimate of drug-likeness (QED) is 0.0464. The van der Waals surface area contributed by atoms with Crippen LogP contribution < -0.4 is 9.47 Å². The molecule has 0 aromatic heterocycles. The molecule has 0 radical (unpaired) electrons. The lowest BCUT2D eigenvalue weighted by molar-refractivity contribution is -0.937. The molecule has 6 nitrogen and oxygen atoms in total. The number of quaternary nitrogens is 4. The van der Waals surface area contributed by atoms with Crippen LogP contribution in [0.1, 0.15) is 73.6 Å². The maximum atomic E-state index is 6.03. The molecule has 0 saturated carbocycles. The molecule has 0 fully saturated rings. The first-order valence-corrected chi connectivity index (χ1v) is 20.6. The van der Waals surface area contributed by atoms with Gasteiger partial charge in [0.25, 0.3) is 0 Å². The zero-order valence-corrected chi connectivity index (χ0v) is 36.2. The Morgan fingerprint density at radius 2 is 0.611 bits per heavy atom. The van der Waals surface area contributed by atoms with E-state index in [-0.39, 0.29) is 0 Å². The Morgan fingerprint density at radius 3 is 0.907 bits per heavy atom. The maximum Gasteiger partial charge on any atom is 0.128 e. The van der Waals surface area contributed by atoms with Crippen LogP contribution in [0.2, 0.25) is 0 Å². The minimum Gasteiger partial charge on any atom is -0.494 e. The summed E-state index contributed by atoms with van der Waals surface area (Å²) in [7, 11) is 23.1. The molecule has 54 heavy (non-hydrogen) atoms. The first kappa shape index (κ1) is 45.0. The molecule has 3 aromatic rings. The number of nitrogens with zero attached hydrogens (tertiary/aromatic N) is 4. The zero-order valence-electron chi connectivity index (χ0n) is 36.2. The standard InChI is InChI=1S/C48H78N4O2/c1-49(2,3)37-39-51(7,8)35-15-11-13-17-41-53-47-31-27-45(28-32-47)25-23-43-19-21-44(22-20-43)24-26-46-29-33-48(34-30-46)54-42-18-14-12-16-36-52(9,10)40-38-50(4,5)6/h19-34H,11-18,35-42H2,1-10H3/q+4/b25-23+,26-24+. The van der Waals surface area contributed by atoms with Gasteiger partial charge in [0, 0.05) is 0 Å². The summed E-state index contributed by atoms with van der Waals surface area (Å²) in [6, 6.07) is 25.5. The van der Waals surface area contributed by atoms with Gasteiger partial charge in [0.1, 0.15) is 37.7 Å². The van der Waals surface area contributed by atoms with Crippen molar-refractivity contribution in [1.29, 1.82) is 0 Å². The molecule has 3 rings (SSSR count). The lowest BCUT2D eigenvalue weighted by Gasteiger charge is -2.33. The third-order valence-corrected chi connectivity index (χ3v) is 10.2. The predicted molar refractivity (Wildman–Crippen MR) is 235 cm³/mol. The van der Waals surface area contributed by atoms with Crippen LogP contribution in [-0.2, 0) is 0 Å². The van der Waals surface area contributed by atoms with Crippen molar-refractivity contribution in [2.24, 2.45) is 0 Å². The Bertz CT molecular complexity index is 1390. The third-order valence-electron chi connectivity index (χ3n) is 10.2. The molecule has 0 aliphatic carbocycles. The van der Waals surface area contributed by atoms with Crippen LogP contribution in [0.5, 0.6) is 11.5 Å². The van der Waals surface area contributed by atoms with Crippen molar-refractivity contribution in [3.8, 4) is 11.5 Å². The maximum absolute atomic E-state index is 6.03. The highest BCUT2D eigenvalue weighted by Crippen LogP contribution is 2.18. The number of unbranched alkanes of at least 4 members (excludes halogenated alkanes) is 6. The second kappa shape index (κ2) is 22.2. The molecule has 0 aliphatic heterocycles. The summed E-state index contributed by atoms with van der Waals surface area (Å²) in [5.41, 5.74) is 4.71. The number of likely N-dealkylation sites (N-methyl/N-ethyl adjacent to an activating group) is 4. The van der Waals surface area contributed by atoms with E-state index >= 15 is 0 Å². The molecule has 298 valence electrons. The van der Waals surface area contributed by atoms with Crippen LogP contribution in [0.25, 0.3) is 24.3 Å². The van der Waals surface area contributed by atoms with Gasteiger partial charge in [-0.15, -0.1) is 0 Å². The Kier molecular flexibility index (Phi) is 18.5. The predicted octanol–water partition coefficient (Wildman–Crippen LogP) is 9.47. The SMILES string of the molecule is C[N+](C)(C)CC[N+](C)(C)CCCCCCOc1ccc(/C=C/c2ccc(/C=C/c3ccc(OCCCCCC[N+](C)(C)CC[N+](C)(C)C)cc3)cc2)cc1. The molecule has 6 heteroatoms. The van der Waals surface area contributed by atoms with E-state index in [9.17, 15) is 0 Å². The Morgan fingerprint density at radius 1 is 0.333 bits per heavy atom. The zero-order chi connectivity index (χ0) is 39.5. The molecule has 0 aliphatic rings. The monoisotopic (exact) mass is 743 g/mol. The summed E-state index contributed by atoms with van der Waals surface area (Å²) in [5.74, 6) is 1.90. The van der Waals surface area contributed by atoms with Crippen LogP contribution in [-0.4, -0.2) is 141 Å². The lowest BCUT2D eigenvalue weighted by Crippen LogP contribution is -2.49. The van der Waals surface area contributed by atoms with E-state index in [2.05, 4.69) is 168 Å². The minimum atomic E-state index is 0.784. The van der Waals surface area contributed by atoms with Gasteiger partial charge in [-0.3, -0.25) is 0 Å². The number of hydrogen-bond acceptors (Lipinski definition) is 2. The molecule has 0 unspecified atom stereocenters. The second-order valence-electron chi connectivity index (χ2n) is 18.8. The van der Waals surface area contributed by atoms with Crippen LogP contribution in [0.4, 0.5) is 0 Å². The first-order valence-electron chi connectivity index (χ1n) is 20.6. The Labute approximate surface area is 331 Å². The molecule has 0 bridgehead atoms. The third kappa shape index (κ3) is 20.9. The van der Waals surface area contributed by atoms with Gasteiger partial charge in [0.15, 0.2) is 0 Å². The van der Waals surface area contributed by atoms with E-state index in [0.29, 0.717) is 0 Å². The van der Waals surface area contributed by atoms with Gasteiger partial charge in [-0.25, -0.2) is 0 Å². The molecule has 0 atom stereocenters. The van der Waals surface area contributed by atoms with Crippen molar-refractivity contribution in [2.75, 3.05) is 123 Å². The highest BCUT2D eigenvalue weighted by Gasteiger charge is 2.20. The van der Waals surface area contributed by atoms with Crippen LogP contribution in [0.3, 0.4) is 0 Å². The minimum absolute atomic E-state index is 0.784. The average molecular weight is 743 g/mol. The van der Waals surface area contributed by atoms with E-state index in [1.54, 1.807) is 0 Å². The van der Waals surface area contributed by atoms with Gasteiger partial charge in [-0.1, -0.05) is 72.8 Å². The van der Waals surface area contributed by atoms with Crippen LogP contribution in [0, 0.1) is 0 Å². The molecule has 0 amide bonds. The van der Waals surface area contributed by atoms with E-state index in [4.69, 9.17) is 9.47 Å². The lowest BCUT2D eigenvalue weighted by atomic mass is 10.1. The molecule has 0 N–H and O–H groups in total. The first-order chi connectivity index (χ1) is 25.5. The number of ether oxygens (including phenoxy) is 2. The van der Waals surface area contributed by atoms with Gasteiger partial charge in [0.2, 0.25) is 0 Å². The summed E-state index contributed by atoms with van der Waals surface area (Å²) in [6.07, 6.45) is 18.4. The van der Waals surface area contributed by atoms with Gasteiger partial charge in [-0.05, 0) is 97.9 Å². The molecular formula is C48H78N4O2+4. The smallest absolute Gasteiger partial charge is 0.128 e. The largest absolute Gasteiger partial charge is 0.494 e. The highest BCUT2D eigenvalue weighted by molar-refractivity contribution is 5.73. The normalized spacial score (nSPS) is 12.9. The van der Waals surface area contributed by atoms with Crippen molar-refractivity contribution in [2.45, 2.75) is 51.4 Å². The van der Waals surface area contributed by atoms with Crippen LogP contribution >= 0.6 is 0 Å². The molecule has 0 saturated heterocycles. The van der Waals surface area contributed by atoms with E-state index in [1.807, 2.05) is 0 Å². The van der Waals surface area contributed by atoms with Gasteiger partial charge < -0.3 is 27.4 Å². The summed E-state index contributed by atoms with van der Waals surface area (Å²) in [6.45, 7) is 8.95. The molecule has 3 aromatic carbocycles. The summed E-state index contributed by atoms with van der Waals surface area (Å²) in [5, 5.41) is 0. The summed E-state index contributed by atoms with van der Waals surface area (Å²) >= 11 is 0. The van der Waals surface area contributed by atoms with E-state index in [1.165, 1.54) is 100 Å². The van der Waals surface area contributed by atoms with E-state index in [0.717, 1.165) is 55.5 Å². The average Bonchev–Trinajstić information content (AvgIpc) is 3.11. The summed E-state index contributed by atoms with van der Waals surface area (Å²) < 4.78 is 16.3. The molecule has 0 heterocycles. The van der Waals surface area contributed by atoms with Gasteiger partial charge in [-0.2, -0.15) is 0 Å². The van der Waals surface area contributed by atoms with Crippen molar-refractivity contribution >= 4 is 24.3 Å². The molecule has 0 spiro atoms. The topological polar surface area (TPSA) is 18.5 Å².